The lowest BCUT2D eigenvalue weighted by atomic mass is 10.2. The predicted octanol–water partition coefficient (Wildman–Crippen LogP) is 2.44. The van der Waals surface area contributed by atoms with Crippen LogP contribution in [0.15, 0.2) is 12.1 Å². The smallest absolute Gasteiger partial charge is 0.295 e. The highest BCUT2D eigenvalue weighted by Gasteiger charge is 2.33. The fourth-order valence-corrected chi connectivity index (χ4v) is 1.94. The molecule has 0 spiro atoms. The number of nitrogens with one attached hydrogen (secondary N) is 1. The Balaban J connectivity index is 2.13. The Kier molecular flexibility index (Phi) is 3.87. The molecule has 1 heterocycles. The Morgan fingerprint density at radius 3 is 2.75 bits per heavy atom. The summed E-state index contributed by atoms with van der Waals surface area (Å²) in [5.74, 6) is -3.18. The third-order valence-electron chi connectivity index (χ3n) is 2.84. The number of nitro groups is 1. The molecule has 1 aliphatic heterocycles. The summed E-state index contributed by atoms with van der Waals surface area (Å²) >= 11 is 0. The molecule has 110 valence electrons. The van der Waals surface area contributed by atoms with Gasteiger partial charge in [-0.25, -0.2) is 8.78 Å². The molecule has 0 aromatic heterocycles. The van der Waals surface area contributed by atoms with Crippen LogP contribution < -0.4 is 5.32 Å². The van der Waals surface area contributed by atoms with Gasteiger partial charge in [0.2, 0.25) is 0 Å². The first-order chi connectivity index (χ1) is 9.30. The maximum atomic E-state index is 13.6. The molecule has 1 aliphatic rings. The van der Waals surface area contributed by atoms with E-state index in [1.54, 1.807) is 13.8 Å². The fourth-order valence-electron chi connectivity index (χ4n) is 1.94. The predicted molar refractivity (Wildman–Crippen MR) is 66.4 cm³/mol. The molecule has 1 aromatic carbocycles. The van der Waals surface area contributed by atoms with Crippen molar-refractivity contribution in [2.75, 3.05) is 18.5 Å². The van der Waals surface area contributed by atoms with E-state index >= 15 is 0 Å². The summed E-state index contributed by atoms with van der Waals surface area (Å²) in [6, 6.07) is 1.63. The number of hydrogen-bond acceptors (Lipinski definition) is 5. The standard InChI is InChI=1S/C12H14F2N2O4/c1-12(2)19-6-7(20-12)5-15-11-9(16(17)18)4-3-8(13)10(11)14/h3-4,7,15H,5-6H2,1-2H3. The molecule has 1 N–H and O–H groups in total. The van der Waals surface area contributed by atoms with Crippen molar-refractivity contribution in [2.24, 2.45) is 0 Å². The first-order valence-electron chi connectivity index (χ1n) is 5.98. The molecule has 20 heavy (non-hydrogen) atoms. The summed E-state index contributed by atoms with van der Waals surface area (Å²) in [5.41, 5.74) is -1.01. The topological polar surface area (TPSA) is 73.6 Å². The molecule has 0 bridgehead atoms. The second kappa shape index (κ2) is 5.29. The van der Waals surface area contributed by atoms with Crippen LogP contribution in [0.4, 0.5) is 20.2 Å². The summed E-state index contributed by atoms with van der Waals surface area (Å²) in [6.07, 6.45) is -0.396. The highest BCUT2D eigenvalue weighted by atomic mass is 19.2. The molecular weight excluding hydrogens is 274 g/mol. The molecule has 1 atom stereocenters. The largest absolute Gasteiger partial charge is 0.374 e. The van der Waals surface area contributed by atoms with Gasteiger partial charge in [-0.3, -0.25) is 10.1 Å². The van der Waals surface area contributed by atoms with Gasteiger partial charge >= 0.3 is 0 Å². The van der Waals surface area contributed by atoms with Crippen molar-refractivity contribution in [2.45, 2.75) is 25.7 Å². The molecule has 0 radical (unpaired) electrons. The molecule has 1 unspecified atom stereocenters. The van der Waals surface area contributed by atoms with Gasteiger partial charge in [-0.05, 0) is 19.9 Å². The maximum absolute atomic E-state index is 13.6. The van der Waals surface area contributed by atoms with Gasteiger partial charge in [0.05, 0.1) is 11.5 Å². The zero-order valence-electron chi connectivity index (χ0n) is 11.0. The summed E-state index contributed by atoms with van der Waals surface area (Å²) in [7, 11) is 0. The van der Waals surface area contributed by atoms with E-state index in [9.17, 15) is 18.9 Å². The first-order valence-corrected chi connectivity index (χ1v) is 5.98. The lowest BCUT2D eigenvalue weighted by Gasteiger charge is -2.17. The molecule has 0 saturated carbocycles. The van der Waals surface area contributed by atoms with Crippen LogP contribution >= 0.6 is 0 Å². The van der Waals surface area contributed by atoms with E-state index in [0.717, 1.165) is 12.1 Å². The van der Waals surface area contributed by atoms with Crippen molar-refractivity contribution in [3.05, 3.63) is 33.9 Å². The molecular formula is C12H14F2N2O4. The van der Waals surface area contributed by atoms with E-state index < -0.39 is 39.8 Å². The minimum atomic E-state index is -1.28. The van der Waals surface area contributed by atoms with Gasteiger partial charge in [-0.15, -0.1) is 0 Å². The van der Waals surface area contributed by atoms with Crippen molar-refractivity contribution in [3.63, 3.8) is 0 Å². The second-order valence-electron chi connectivity index (χ2n) is 4.84. The van der Waals surface area contributed by atoms with Gasteiger partial charge < -0.3 is 14.8 Å². The quantitative estimate of drug-likeness (QED) is 0.680. The maximum Gasteiger partial charge on any atom is 0.295 e. The van der Waals surface area contributed by atoms with Crippen molar-refractivity contribution in [3.8, 4) is 0 Å². The minimum absolute atomic E-state index is 0.0741. The SMILES string of the molecule is CC1(C)OCC(CNc2c([N+](=O)[O-])ccc(F)c2F)O1. The summed E-state index contributed by atoms with van der Waals surface area (Å²) in [5, 5.41) is 13.3. The Bertz CT molecular complexity index is 536. The lowest BCUT2D eigenvalue weighted by Crippen LogP contribution is -2.26. The Labute approximate surface area is 113 Å². The molecule has 2 rings (SSSR count). The van der Waals surface area contributed by atoms with Crippen LogP contribution in [0, 0.1) is 21.7 Å². The molecule has 1 fully saturated rings. The van der Waals surface area contributed by atoms with E-state index in [1.807, 2.05) is 0 Å². The number of ether oxygens (including phenoxy) is 2. The second-order valence-corrected chi connectivity index (χ2v) is 4.84. The highest BCUT2D eigenvalue weighted by Crippen LogP contribution is 2.30. The number of nitrogens with zero attached hydrogens (tertiary/aromatic N) is 1. The number of benzene rings is 1. The Hall–Kier alpha value is -1.80. The van der Waals surface area contributed by atoms with Crippen LogP contribution in [0.3, 0.4) is 0 Å². The van der Waals surface area contributed by atoms with Gasteiger partial charge in [0.15, 0.2) is 23.1 Å². The van der Waals surface area contributed by atoms with Crippen LogP contribution in [0.25, 0.3) is 0 Å². The van der Waals surface area contributed by atoms with Crippen LogP contribution in [-0.4, -0.2) is 30.0 Å². The minimum Gasteiger partial charge on any atom is -0.374 e. The van der Waals surface area contributed by atoms with Crippen molar-refractivity contribution < 1.29 is 23.2 Å². The summed E-state index contributed by atoms with van der Waals surface area (Å²) in [6.45, 7) is 3.78. The molecule has 6 nitrogen and oxygen atoms in total. The van der Waals surface area contributed by atoms with Gasteiger partial charge in [0.25, 0.3) is 5.69 Å². The zero-order valence-corrected chi connectivity index (χ0v) is 11.0. The zero-order chi connectivity index (χ0) is 14.9. The van der Waals surface area contributed by atoms with Crippen molar-refractivity contribution in [1.82, 2.24) is 0 Å². The average Bonchev–Trinajstić information content (AvgIpc) is 2.70. The summed E-state index contributed by atoms with van der Waals surface area (Å²) < 4.78 is 37.6. The molecule has 0 amide bonds. The van der Waals surface area contributed by atoms with Gasteiger partial charge in [-0.2, -0.15) is 0 Å². The van der Waals surface area contributed by atoms with Crippen LogP contribution in [-0.2, 0) is 9.47 Å². The van der Waals surface area contributed by atoms with Gasteiger partial charge in [0, 0.05) is 12.6 Å². The van der Waals surface area contributed by atoms with Gasteiger partial charge in [0.1, 0.15) is 6.10 Å². The van der Waals surface area contributed by atoms with Crippen molar-refractivity contribution in [1.29, 1.82) is 0 Å². The third-order valence-corrected chi connectivity index (χ3v) is 2.84. The number of nitro benzene ring substituents is 1. The van der Waals surface area contributed by atoms with Crippen LogP contribution in [0.1, 0.15) is 13.8 Å². The van der Waals surface area contributed by atoms with Gasteiger partial charge in [-0.1, -0.05) is 0 Å². The number of hydrogen-bond donors (Lipinski definition) is 1. The average molecular weight is 288 g/mol. The highest BCUT2D eigenvalue weighted by molar-refractivity contribution is 5.62. The van der Waals surface area contributed by atoms with E-state index in [-0.39, 0.29) is 13.2 Å². The number of anilines is 1. The van der Waals surface area contributed by atoms with E-state index in [4.69, 9.17) is 9.47 Å². The Morgan fingerprint density at radius 1 is 1.50 bits per heavy atom. The Morgan fingerprint density at radius 2 is 2.20 bits per heavy atom. The number of rotatable bonds is 4. The van der Waals surface area contributed by atoms with Crippen molar-refractivity contribution >= 4 is 11.4 Å². The van der Waals surface area contributed by atoms with E-state index in [2.05, 4.69) is 5.32 Å². The van der Waals surface area contributed by atoms with E-state index in [1.165, 1.54) is 0 Å². The first kappa shape index (κ1) is 14.6. The summed E-state index contributed by atoms with van der Waals surface area (Å²) in [4.78, 5) is 10.0. The fraction of sp³-hybridized carbons (Fsp3) is 0.500. The monoisotopic (exact) mass is 288 g/mol. The lowest BCUT2D eigenvalue weighted by molar-refractivity contribution is -0.384. The number of halogens is 2. The third kappa shape index (κ3) is 3.02. The van der Waals surface area contributed by atoms with Crippen LogP contribution in [0.2, 0.25) is 0 Å². The normalized spacial score (nSPS) is 20.9. The molecule has 1 saturated heterocycles. The van der Waals surface area contributed by atoms with Crippen LogP contribution in [0.5, 0.6) is 0 Å². The molecule has 1 aromatic rings. The molecule has 0 aliphatic carbocycles. The van der Waals surface area contributed by atoms with E-state index in [0.29, 0.717) is 0 Å². The molecule has 8 heteroatoms.